The molecule has 0 aliphatic carbocycles. The van der Waals surface area contributed by atoms with Crippen molar-refractivity contribution in [3.8, 4) is 11.5 Å². The second kappa shape index (κ2) is 7.12. The van der Waals surface area contributed by atoms with E-state index in [1.54, 1.807) is 7.11 Å². The molecular formula is C24H21ClN2O2. The number of methoxy groups -OCH3 is 1. The van der Waals surface area contributed by atoms with Crippen LogP contribution in [0.5, 0.6) is 11.5 Å². The number of aryl methyl sites for hydroxylation is 1. The van der Waals surface area contributed by atoms with Gasteiger partial charge < -0.3 is 9.47 Å². The number of halogens is 1. The molecule has 29 heavy (non-hydrogen) atoms. The van der Waals surface area contributed by atoms with Crippen LogP contribution < -0.4 is 9.47 Å². The lowest BCUT2D eigenvalue weighted by atomic mass is 9.96. The van der Waals surface area contributed by atoms with E-state index in [1.165, 1.54) is 5.56 Å². The standard InChI is InChI=1S/C24H21ClN2O2/c1-15-3-5-17(6-4-15)24-27-22(20-13-18(25)9-12-23(20)29-24)14-21(26-27)16-7-10-19(28-2)11-8-16/h3-13,22,24H,14H2,1-2H3/t22-,24-/m1/s1. The Labute approximate surface area is 175 Å². The molecule has 0 saturated heterocycles. The summed E-state index contributed by atoms with van der Waals surface area (Å²) in [6.07, 6.45) is 0.524. The van der Waals surface area contributed by atoms with Crippen LogP contribution in [0.15, 0.2) is 71.8 Å². The molecule has 2 atom stereocenters. The Bertz CT molecular complexity index is 1080. The lowest BCUT2D eigenvalue weighted by molar-refractivity contribution is -0.0190. The molecule has 0 N–H and O–H groups in total. The number of hydrogen-bond donors (Lipinski definition) is 0. The van der Waals surface area contributed by atoms with E-state index in [-0.39, 0.29) is 12.3 Å². The van der Waals surface area contributed by atoms with E-state index in [2.05, 4.69) is 48.3 Å². The van der Waals surface area contributed by atoms with E-state index >= 15 is 0 Å². The zero-order chi connectivity index (χ0) is 20.0. The number of rotatable bonds is 3. The maximum Gasteiger partial charge on any atom is 0.213 e. The zero-order valence-corrected chi connectivity index (χ0v) is 17.1. The van der Waals surface area contributed by atoms with Crippen molar-refractivity contribution in [1.29, 1.82) is 0 Å². The summed E-state index contributed by atoms with van der Waals surface area (Å²) in [6.45, 7) is 2.08. The molecule has 5 rings (SSSR count). The first-order chi connectivity index (χ1) is 14.1. The summed E-state index contributed by atoms with van der Waals surface area (Å²) in [5, 5.41) is 7.77. The van der Waals surface area contributed by atoms with Crippen molar-refractivity contribution in [2.75, 3.05) is 7.11 Å². The highest BCUT2D eigenvalue weighted by Crippen LogP contribution is 2.48. The SMILES string of the molecule is COc1ccc(C2=NN3[C@H](C2)c2cc(Cl)ccc2O[C@@H]3c2ccc(C)cc2)cc1. The molecule has 2 heterocycles. The highest BCUT2D eigenvalue weighted by Gasteiger charge is 2.41. The van der Waals surface area contributed by atoms with Gasteiger partial charge in [0, 0.05) is 22.6 Å². The highest BCUT2D eigenvalue weighted by molar-refractivity contribution is 6.30. The zero-order valence-electron chi connectivity index (χ0n) is 16.3. The Morgan fingerprint density at radius 3 is 2.52 bits per heavy atom. The Morgan fingerprint density at radius 1 is 1.03 bits per heavy atom. The van der Waals surface area contributed by atoms with Gasteiger partial charge >= 0.3 is 0 Å². The summed E-state index contributed by atoms with van der Waals surface area (Å²) >= 11 is 6.30. The summed E-state index contributed by atoms with van der Waals surface area (Å²) in [6, 6.07) is 22.4. The normalized spacial score (nSPS) is 19.8. The number of ether oxygens (including phenoxy) is 2. The van der Waals surface area contributed by atoms with Crippen LogP contribution in [0.4, 0.5) is 0 Å². The van der Waals surface area contributed by atoms with Crippen molar-refractivity contribution in [3.05, 3.63) is 94.0 Å². The van der Waals surface area contributed by atoms with Crippen LogP contribution in [0.2, 0.25) is 5.02 Å². The molecule has 0 spiro atoms. The van der Waals surface area contributed by atoms with Gasteiger partial charge in [0.05, 0.1) is 18.9 Å². The van der Waals surface area contributed by atoms with Crippen LogP contribution >= 0.6 is 11.6 Å². The molecule has 0 saturated carbocycles. The molecular weight excluding hydrogens is 384 g/mol. The maximum atomic E-state index is 6.39. The molecule has 0 amide bonds. The van der Waals surface area contributed by atoms with Crippen molar-refractivity contribution in [2.24, 2.45) is 5.10 Å². The molecule has 2 aliphatic rings. The van der Waals surface area contributed by atoms with Gasteiger partial charge in [-0.25, -0.2) is 5.01 Å². The number of hydrogen-bond acceptors (Lipinski definition) is 4. The summed E-state index contributed by atoms with van der Waals surface area (Å²) < 4.78 is 11.7. The van der Waals surface area contributed by atoms with Crippen LogP contribution in [0.25, 0.3) is 0 Å². The van der Waals surface area contributed by atoms with E-state index in [4.69, 9.17) is 26.2 Å². The first-order valence-corrected chi connectivity index (χ1v) is 10.0. The van der Waals surface area contributed by atoms with Crippen molar-refractivity contribution in [3.63, 3.8) is 0 Å². The first-order valence-electron chi connectivity index (χ1n) is 9.65. The minimum atomic E-state index is -0.273. The van der Waals surface area contributed by atoms with Gasteiger partial charge in [-0.2, -0.15) is 5.10 Å². The third-order valence-corrected chi connectivity index (χ3v) is 5.77. The van der Waals surface area contributed by atoms with Gasteiger partial charge in [0.15, 0.2) is 0 Å². The third kappa shape index (κ3) is 3.23. The molecule has 4 nitrogen and oxygen atoms in total. The van der Waals surface area contributed by atoms with Gasteiger partial charge in [-0.3, -0.25) is 0 Å². The lowest BCUT2D eigenvalue weighted by Crippen LogP contribution is -2.33. The summed E-state index contributed by atoms with van der Waals surface area (Å²) in [4.78, 5) is 0. The molecule has 0 radical (unpaired) electrons. The summed E-state index contributed by atoms with van der Waals surface area (Å²) in [5.74, 6) is 1.70. The van der Waals surface area contributed by atoms with Gasteiger partial charge in [0.25, 0.3) is 0 Å². The van der Waals surface area contributed by atoms with Crippen LogP contribution in [0.3, 0.4) is 0 Å². The fourth-order valence-corrected chi connectivity index (χ4v) is 4.15. The molecule has 146 valence electrons. The molecule has 5 heteroatoms. The number of benzene rings is 3. The first kappa shape index (κ1) is 18.1. The Kier molecular flexibility index (Phi) is 4.44. The average Bonchev–Trinajstić information content (AvgIpc) is 3.20. The molecule has 2 aliphatic heterocycles. The predicted octanol–water partition coefficient (Wildman–Crippen LogP) is 5.90. The van der Waals surface area contributed by atoms with Gasteiger partial charge in [0.2, 0.25) is 6.23 Å². The van der Waals surface area contributed by atoms with Crippen molar-refractivity contribution < 1.29 is 9.47 Å². The van der Waals surface area contributed by atoms with E-state index in [0.29, 0.717) is 5.02 Å². The summed E-state index contributed by atoms with van der Waals surface area (Å²) in [5.41, 5.74) is 5.50. The smallest absolute Gasteiger partial charge is 0.213 e. The molecule has 3 aromatic rings. The van der Waals surface area contributed by atoms with Crippen molar-refractivity contribution in [2.45, 2.75) is 25.6 Å². The van der Waals surface area contributed by atoms with Gasteiger partial charge in [0.1, 0.15) is 11.5 Å². The second-order valence-electron chi connectivity index (χ2n) is 7.44. The van der Waals surface area contributed by atoms with Gasteiger partial charge in [-0.1, -0.05) is 41.4 Å². The van der Waals surface area contributed by atoms with E-state index in [1.807, 2.05) is 30.3 Å². The number of fused-ring (bicyclic) bond motifs is 3. The minimum absolute atomic E-state index is 0.0841. The van der Waals surface area contributed by atoms with Crippen molar-refractivity contribution in [1.82, 2.24) is 5.01 Å². The topological polar surface area (TPSA) is 34.1 Å². The highest BCUT2D eigenvalue weighted by atomic mass is 35.5. The van der Waals surface area contributed by atoms with Crippen molar-refractivity contribution >= 4 is 17.3 Å². The summed E-state index contributed by atoms with van der Waals surface area (Å²) in [7, 11) is 1.67. The molecule has 0 bridgehead atoms. The molecule has 0 fully saturated rings. The average molecular weight is 405 g/mol. The maximum absolute atomic E-state index is 6.39. The van der Waals surface area contributed by atoms with Crippen LogP contribution in [-0.4, -0.2) is 17.8 Å². The Balaban J connectivity index is 1.57. The Morgan fingerprint density at radius 2 is 1.79 bits per heavy atom. The fourth-order valence-electron chi connectivity index (χ4n) is 3.97. The quantitative estimate of drug-likeness (QED) is 0.545. The molecule has 0 aromatic heterocycles. The lowest BCUT2D eigenvalue weighted by Gasteiger charge is -2.38. The Hall–Kier alpha value is -2.98. The molecule has 0 unspecified atom stereocenters. The van der Waals surface area contributed by atoms with Gasteiger partial charge in [-0.15, -0.1) is 0 Å². The number of nitrogens with zero attached hydrogens (tertiary/aromatic N) is 2. The van der Waals surface area contributed by atoms with Gasteiger partial charge in [-0.05, 0) is 55.0 Å². The van der Waals surface area contributed by atoms with E-state index < -0.39 is 0 Å². The second-order valence-corrected chi connectivity index (χ2v) is 7.87. The van der Waals surface area contributed by atoms with E-state index in [9.17, 15) is 0 Å². The van der Waals surface area contributed by atoms with Crippen LogP contribution in [0, 0.1) is 6.92 Å². The monoisotopic (exact) mass is 404 g/mol. The fraction of sp³-hybridized carbons (Fsp3) is 0.208. The molecule has 3 aromatic carbocycles. The largest absolute Gasteiger partial charge is 0.497 e. The minimum Gasteiger partial charge on any atom is -0.497 e. The predicted molar refractivity (Wildman–Crippen MR) is 115 cm³/mol. The number of hydrazone groups is 1. The third-order valence-electron chi connectivity index (χ3n) is 5.54. The van der Waals surface area contributed by atoms with Crippen LogP contribution in [-0.2, 0) is 0 Å². The van der Waals surface area contributed by atoms with Crippen LogP contribution in [0.1, 0.15) is 40.9 Å². The van der Waals surface area contributed by atoms with E-state index in [0.717, 1.165) is 40.3 Å².